The molecule has 4 heteroatoms. The molecule has 0 aliphatic heterocycles. The number of oxime groups is 1. The number of nitrogens with one attached hydrogen (secondary N) is 1. The third-order valence-electron chi connectivity index (χ3n) is 4.75. The quantitative estimate of drug-likeness (QED) is 0.338. The standard InChI is InChI=1S/C17H27N3O/c1-17(2)11-7-6-10-15(17)19-12-14(16(18)20-21)13-8-4-3-5-9-13/h3-5,8-9,14-15,19,21H,6-7,10-12H2,1-2H3,(H2,18,20). The number of benzene rings is 1. The van der Waals surface area contributed by atoms with Gasteiger partial charge in [-0.25, -0.2) is 0 Å². The highest BCUT2D eigenvalue weighted by atomic mass is 16.4. The van der Waals surface area contributed by atoms with E-state index in [4.69, 9.17) is 10.9 Å². The zero-order valence-corrected chi connectivity index (χ0v) is 13.0. The molecule has 0 amide bonds. The summed E-state index contributed by atoms with van der Waals surface area (Å²) in [5, 5.41) is 15.9. The monoisotopic (exact) mass is 289 g/mol. The molecule has 0 spiro atoms. The summed E-state index contributed by atoms with van der Waals surface area (Å²) >= 11 is 0. The van der Waals surface area contributed by atoms with E-state index in [1.165, 1.54) is 25.7 Å². The third kappa shape index (κ3) is 3.97. The van der Waals surface area contributed by atoms with Crippen LogP contribution in [0, 0.1) is 5.41 Å². The molecular formula is C17H27N3O. The summed E-state index contributed by atoms with van der Waals surface area (Å²) in [7, 11) is 0. The number of hydrogen-bond acceptors (Lipinski definition) is 3. The molecule has 1 aromatic carbocycles. The van der Waals surface area contributed by atoms with Crippen LogP contribution in [0.25, 0.3) is 0 Å². The van der Waals surface area contributed by atoms with Gasteiger partial charge in [0.15, 0.2) is 0 Å². The Morgan fingerprint density at radius 1 is 1.38 bits per heavy atom. The van der Waals surface area contributed by atoms with E-state index in [9.17, 15) is 0 Å². The molecule has 4 N–H and O–H groups in total. The average molecular weight is 289 g/mol. The molecule has 2 rings (SSSR count). The highest BCUT2D eigenvalue weighted by Gasteiger charge is 2.32. The van der Waals surface area contributed by atoms with Crippen LogP contribution in [0.3, 0.4) is 0 Å². The molecule has 2 atom stereocenters. The SMILES string of the molecule is CC1(C)CCCCC1NCC(C(N)=NO)c1ccccc1. The van der Waals surface area contributed by atoms with Gasteiger partial charge < -0.3 is 16.3 Å². The summed E-state index contributed by atoms with van der Waals surface area (Å²) in [6, 6.07) is 10.5. The van der Waals surface area contributed by atoms with Gasteiger partial charge in [-0.05, 0) is 23.8 Å². The number of amidine groups is 1. The fraction of sp³-hybridized carbons (Fsp3) is 0.588. The Morgan fingerprint density at radius 2 is 2.10 bits per heavy atom. The molecule has 4 nitrogen and oxygen atoms in total. The lowest BCUT2D eigenvalue weighted by molar-refractivity contribution is 0.168. The van der Waals surface area contributed by atoms with Crippen molar-refractivity contribution in [3.8, 4) is 0 Å². The van der Waals surface area contributed by atoms with Crippen LogP contribution in [-0.2, 0) is 0 Å². The number of hydrogen-bond donors (Lipinski definition) is 3. The van der Waals surface area contributed by atoms with Crippen LogP contribution >= 0.6 is 0 Å². The molecule has 2 unspecified atom stereocenters. The van der Waals surface area contributed by atoms with Gasteiger partial charge in [-0.1, -0.05) is 62.2 Å². The van der Waals surface area contributed by atoms with Gasteiger partial charge in [-0.15, -0.1) is 0 Å². The second-order valence-corrected chi connectivity index (χ2v) is 6.68. The van der Waals surface area contributed by atoms with E-state index >= 15 is 0 Å². The van der Waals surface area contributed by atoms with Crippen LogP contribution in [0.4, 0.5) is 0 Å². The average Bonchev–Trinajstić information content (AvgIpc) is 2.49. The first-order valence-corrected chi connectivity index (χ1v) is 7.80. The lowest BCUT2D eigenvalue weighted by Crippen LogP contribution is -2.46. The van der Waals surface area contributed by atoms with Gasteiger partial charge in [0, 0.05) is 12.6 Å². The molecule has 1 aliphatic carbocycles. The molecule has 0 bridgehead atoms. The van der Waals surface area contributed by atoms with E-state index in [1.807, 2.05) is 30.3 Å². The van der Waals surface area contributed by atoms with Crippen LogP contribution in [0.15, 0.2) is 35.5 Å². The summed E-state index contributed by atoms with van der Waals surface area (Å²) in [4.78, 5) is 0. The van der Waals surface area contributed by atoms with E-state index in [0.29, 0.717) is 18.0 Å². The predicted octanol–water partition coefficient (Wildman–Crippen LogP) is 3.08. The van der Waals surface area contributed by atoms with Crippen LogP contribution in [0.2, 0.25) is 0 Å². The smallest absolute Gasteiger partial charge is 0.147 e. The Bertz CT molecular complexity index is 470. The Labute approximate surface area is 127 Å². The predicted molar refractivity (Wildman–Crippen MR) is 86.6 cm³/mol. The first kappa shape index (κ1) is 15.8. The summed E-state index contributed by atoms with van der Waals surface area (Å²) in [5.41, 5.74) is 7.28. The van der Waals surface area contributed by atoms with E-state index in [2.05, 4.69) is 24.3 Å². The fourth-order valence-corrected chi connectivity index (χ4v) is 3.28. The Hall–Kier alpha value is -1.55. The number of nitrogens with two attached hydrogens (primary N) is 1. The lowest BCUT2D eigenvalue weighted by atomic mass is 9.73. The Morgan fingerprint density at radius 3 is 2.71 bits per heavy atom. The molecule has 0 saturated heterocycles. The molecule has 0 heterocycles. The topological polar surface area (TPSA) is 70.6 Å². The maximum absolute atomic E-state index is 9.04. The molecule has 1 aliphatic rings. The number of rotatable bonds is 5. The van der Waals surface area contributed by atoms with Crippen molar-refractivity contribution in [3.05, 3.63) is 35.9 Å². The van der Waals surface area contributed by atoms with Gasteiger partial charge in [0.05, 0.1) is 5.92 Å². The molecule has 1 saturated carbocycles. The second kappa shape index (κ2) is 6.94. The van der Waals surface area contributed by atoms with Gasteiger partial charge in [-0.2, -0.15) is 0 Å². The van der Waals surface area contributed by atoms with Crippen LogP contribution < -0.4 is 11.1 Å². The number of nitrogens with zero attached hydrogens (tertiary/aromatic N) is 1. The lowest BCUT2D eigenvalue weighted by Gasteiger charge is -2.40. The molecule has 21 heavy (non-hydrogen) atoms. The maximum Gasteiger partial charge on any atom is 0.147 e. The molecule has 1 fully saturated rings. The van der Waals surface area contributed by atoms with Crippen LogP contribution in [0.5, 0.6) is 0 Å². The van der Waals surface area contributed by atoms with Crippen molar-refractivity contribution in [2.45, 2.75) is 51.5 Å². The summed E-state index contributed by atoms with van der Waals surface area (Å²) in [5.74, 6) is 0.177. The largest absolute Gasteiger partial charge is 0.409 e. The van der Waals surface area contributed by atoms with Gasteiger partial charge in [0.1, 0.15) is 5.84 Å². The molecule has 0 radical (unpaired) electrons. The highest BCUT2D eigenvalue weighted by Crippen LogP contribution is 2.35. The fourth-order valence-electron chi connectivity index (χ4n) is 3.28. The third-order valence-corrected chi connectivity index (χ3v) is 4.75. The minimum atomic E-state index is -0.0890. The summed E-state index contributed by atoms with van der Waals surface area (Å²) in [6.45, 7) is 5.35. The first-order valence-electron chi connectivity index (χ1n) is 7.80. The van der Waals surface area contributed by atoms with Crippen molar-refractivity contribution in [2.24, 2.45) is 16.3 Å². The normalized spacial score (nSPS) is 23.7. The molecule has 1 aromatic rings. The van der Waals surface area contributed by atoms with Crippen molar-refractivity contribution >= 4 is 5.84 Å². The van der Waals surface area contributed by atoms with Crippen molar-refractivity contribution in [1.82, 2.24) is 5.32 Å². The summed E-state index contributed by atoms with van der Waals surface area (Å²) in [6.07, 6.45) is 5.04. The van der Waals surface area contributed by atoms with Gasteiger partial charge in [0.25, 0.3) is 0 Å². The zero-order valence-electron chi connectivity index (χ0n) is 13.0. The van der Waals surface area contributed by atoms with Crippen molar-refractivity contribution in [1.29, 1.82) is 0 Å². The molecule has 0 aromatic heterocycles. The van der Waals surface area contributed by atoms with Crippen molar-refractivity contribution in [2.75, 3.05) is 6.54 Å². The Kier molecular flexibility index (Phi) is 5.23. The highest BCUT2D eigenvalue weighted by molar-refractivity contribution is 5.87. The minimum Gasteiger partial charge on any atom is -0.409 e. The second-order valence-electron chi connectivity index (χ2n) is 6.68. The summed E-state index contributed by atoms with van der Waals surface area (Å²) < 4.78 is 0. The van der Waals surface area contributed by atoms with Gasteiger partial charge in [-0.3, -0.25) is 0 Å². The molecule has 116 valence electrons. The Balaban J connectivity index is 2.06. The van der Waals surface area contributed by atoms with Gasteiger partial charge in [0.2, 0.25) is 0 Å². The van der Waals surface area contributed by atoms with E-state index in [0.717, 1.165) is 5.56 Å². The van der Waals surface area contributed by atoms with Crippen LogP contribution in [0.1, 0.15) is 51.0 Å². The van der Waals surface area contributed by atoms with E-state index in [1.54, 1.807) is 0 Å². The maximum atomic E-state index is 9.04. The van der Waals surface area contributed by atoms with E-state index < -0.39 is 0 Å². The van der Waals surface area contributed by atoms with Crippen LogP contribution in [-0.4, -0.2) is 23.6 Å². The van der Waals surface area contributed by atoms with Gasteiger partial charge >= 0.3 is 0 Å². The van der Waals surface area contributed by atoms with E-state index in [-0.39, 0.29) is 11.8 Å². The molecular weight excluding hydrogens is 262 g/mol. The van der Waals surface area contributed by atoms with Crippen molar-refractivity contribution < 1.29 is 5.21 Å². The zero-order chi connectivity index (χ0) is 15.3. The van der Waals surface area contributed by atoms with Crippen molar-refractivity contribution in [3.63, 3.8) is 0 Å². The first-order chi connectivity index (χ1) is 10.0. The minimum absolute atomic E-state index is 0.0890.